The molecule has 1 heterocycles. The summed E-state index contributed by atoms with van der Waals surface area (Å²) in [7, 11) is 0. The molecule has 0 bridgehead atoms. The first-order valence-corrected chi connectivity index (χ1v) is 6.99. The van der Waals surface area contributed by atoms with E-state index in [4.69, 9.17) is 39.8 Å². The number of hydrogen-bond donors (Lipinski definition) is 2. The lowest BCUT2D eigenvalue weighted by Crippen LogP contribution is -2.32. The molecule has 0 atom stereocenters. The number of amides is 1. The van der Waals surface area contributed by atoms with Crippen molar-refractivity contribution in [1.29, 1.82) is 0 Å². The summed E-state index contributed by atoms with van der Waals surface area (Å²) in [6, 6.07) is 8.41. The van der Waals surface area contributed by atoms with Crippen molar-refractivity contribution in [3.05, 3.63) is 58.5 Å². The monoisotopic (exact) mass is 340 g/mol. The second-order valence-corrected chi connectivity index (χ2v) is 5.14. The lowest BCUT2D eigenvalue weighted by atomic mass is 10.3. The Balaban J connectivity index is 1.89. The van der Waals surface area contributed by atoms with E-state index in [0.717, 1.165) is 0 Å². The van der Waals surface area contributed by atoms with Gasteiger partial charge in [-0.3, -0.25) is 10.1 Å². The highest BCUT2D eigenvalue weighted by molar-refractivity contribution is 7.80. The van der Waals surface area contributed by atoms with Crippen molar-refractivity contribution in [2.24, 2.45) is 0 Å². The van der Waals surface area contributed by atoms with Gasteiger partial charge in [0.25, 0.3) is 0 Å². The molecule has 0 fully saturated rings. The molecule has 0 saturated heterocycles. The van der Waals surface area contributed by atoms with Crippen LogP contribution < -0.4 is 10.6 Å². The van der Waals surface area contributed by atoms with E-state index in [2.05, 4.69) is 10.6 Å². The summed E-state index contributed by atoms with van der Waals surface area (Å²) in [5, 5.41) is 6.33. The summed E-state index contributed by atoms with van der Waals surface area (Å²) in [5.41, 5.74) is 0.629. The fourth-order valence-corrected chi connectivity index (χ4v) is 1.95. The van der Waals surface area contributed by atoms with Gasteiger partial charge in [-0.25, -0.2) is 0 Å². The van der Waals surface area contributed by atoms with Crippen LogP contribution in [-0.4, -0.2) is 11.0 Å². The fourth-order valence-electron chi connectivity index (χ4n) is 1.43. The minimum absolute atomic E-state index is 0.155. The number of benzene rings is 1. The van der Waals surface area contributed by atoms with Gasteiger partial charge in [0.1, 0.15) is 5.76 Å². The maximum absolute atomic E-state index is 11.6. The second-order valence-electron chi connectivity index (χ2n) is 3.92. The fraction of sp³-hybridized carbons (Fsp3) is 0. The second kappa shape index (κ2) is 7.26. The van der Waals surface area contributed by atoms with Crippen molar-refractivity contribution in [3.63, 3.8) is 0 Å². The van der Waals surface area contributed by atoms with Crippen LogP contribution in [0.1, 0.15) is 5.76 Å². The van der Waals surface area contributed by atoms with Crippen LogP contribution in [0.15, 0.2) is 47.1 Å². The molecule has 0 unspecified atom stereocenters. The third kappa shape index (κ3) is 4.90. The maximum Gasteiger partial charge on any atom is 0.250 e. The van der Waals surface area contributed by atoms with Crippen LogP contribution >= 0.6 is 35.4 Å². The van der Waals surface area contributed by atoms with Crippen LogP contribution in [0.4, 0.5) is 5.69 Å². The lowest BCUT2D eigenvalue weighted by molar-refractivity contribution is -0.115. The first-order chi connectivity index (χ1) is 10.0. The SMILES string of the molecule is O=C(/C=C/c1ccco1)NC(=S)Nc1ccc(Cl)c(Cl)c1. The highest BCUT2D eigenvalue weighted by Gasteiger charge is 2.04. The molecule has 1 aromatic carbocycles. The first kappa shape index (κ1) is 15.6. The number of halogens is 2. The molecular formula is C14H10Cl2N2O2S. The molecule has 7 heteroatoms. The lowest BCUT2D eigenvalue weighted by Gasteiger charge is -2.08. The van der Waals surface area contributed by atoms with Gasteiger partial charge in [-0.05, 0) is 48.6 Å². The zero-order chi connectivity index (χ0) is 15.2. The summed E-state index contributed by atoms with van der Waals surface area (Å²) >= 11 is 16.7. The Morgan fingerprint density at radius 2 is 2.05 bits per heavy atom. The van der Waals surface area contributed by atoms with Crippen molar-refractivity contribution in [1.82, 2.24) is 5.32 Å². The third-order valence-corrected chi connectivity index (χ3v) is 3.30. The van der Waals surface area contributed by atoms with Crippen LogP contribution in [0.2, 0.25) is 10.0 Å². The van der Waals surface area contributed by atoms with Gasteiger partial charge in [-0.1, -0.05) is 23.2 Å². The summed E-state index contributed by atoms with van der Waals surface area (Å²) in [6.07, 6.45) is 4.38. The average molecular weight is 341 g/mol. The largest absolute Gasteiger partial charge is 0.465 e. The van der Waals surface area contributed by atoms with Gasteiger partial charge in [0.2, 0.25) is 5.91 Å². The van der Waals surface area contributed by atoms with Crippen LogP contribution in [0.25, 0.3) is 6.08 Å². The molecule has 0 aliphatic rings. The summed E-state index contributed by atoms with van der Waals surface area (Å²) in [6.45, 7) is 0. The Morgan fingerprint density at radius 3 is 2.71 bits per heavy atom. The number of anilines is 1. The van der Waals surface area contributed by atoms with Crippen molar-refractivity contribution >= 4 is 58.2 Å². The molecular weight excluding hydrogens is 331 g/mol. The van der Waals surface area contributed by atoms with Gasteiger partial charge >= 0.3 is 0 Å². The van der Waals surface area contributed by atoms with E-state index in [1.54, 1.807) is 30.3 Å². The van der Waals surface area contributed by atoms with Crippen LogP contribution in [0.3, 0.4) is 0 Å². The third-order valence-electron chi connectivity index (χ3n) is 2.36. The van der Waals surface area contributed by atoms with Crippen LogP contribution in [-0.2, 0) is 4.79 Å². The van der Waals surface area contributed by atoms with E-state index in [1.807, 2.05) is 0 Å². The minimum Gasteiger partial charge on any atom is -0.465 e. The number of hydrogen-bond acceptors (Lipinski definition) is 3. The Bertz CT molecular complexity index is 684. The molecule has 1 amide bonds. The van der Waals surface area contributed by atoms with E-state index < -0.39 is 0 Å². The van der Waals surface area contributed by atoms with Crippen molar-refractivity contribution in [3.8, 4) is 0 Å². The van der Waals surface area contributed by atoms with Gasteiger partial charge in [-0.15, -0.1) is 0 Å². The van der Waals surface area contributed by atoms with E-state index in [1.165, 1.54) is 18.4 Å². The van der Waals surface area contributed by atoms with Crippen LogP contribution in [0.5, 0.6) is 0 Å². The Labute approximate surface area is 136 Å². The Morgan fingerprint density at radius 1 is 1.24 bits per heavy atom. The molecule has 0 radical (unpaired) electrons. The number of carbonyl (C=O) groups is 1. The summed E-state index contributed by atoms with van der Waals surface area (Å²) in [5.74, 6) is 0.206. The molecule has 0 saturated carbocycles. The number of furan rings is 1. The molecule has 1 aromatic heterocycles. The van der Waals surface area contributed by atoms with Gasteiger partial charge in [0.05, 0.1) is 16.3 Å². The van der Waals surface area contributed by atoms with E-state index in [0.29, 0.717) is 21.5 Å². The minimum atomic E-state index is -0.371. The topological polar surface area (TPSA) is 54.3 Å². The molecule has 0 aliphatic heterocycles. The quantitative estimate of drug-likeness (QED) is 0.652. The summed E-state index contributed by atoms with van der Waals surface area (Å²) < 4.78 is 5.07. The van der Waals surface area contributed by atoms with E-state index in [-0.39, 0.29) is 11.0 Å². The zero-order valence-corrected chi connectivity index (χ0v) is 12.9. The van der Waals surface area contributed by atoms with Gasteiger partial charge < -0.3 is 9.73 Å². The Kier molecular flexibility index (Phi) is 5.38. The molecule has 4 nitrogen and oxygen atoms in total. The zero-order valence-electron chi connectivity index (χ0n) is 10.6. The van der Waals surface area contributed by atoms with E-state index in [9.17, 15) is 4.79 Å². The molecule has 2 aromatic rings. The average Bonchev–Trinajstić information content (AvgIpc) is 2.94. The number of rotatable bonds is 3. The van der Waals surface area contributed by atoms with Gasteiger partial charge in [-0.2, -0.15) is 0 Å². The van der Waals surface area contributed by atoms with Gasteiger partial charge in [0, 0.05) is 11.8 Å². The molecule has 2 rings (SSSR count). The highest BCUT2D eigenvalue weighted by atomic mass is 35.5. The number of thiocarbonyl (C=S) groups is 1. The predicted octanol–water partition coefficient (Wildman–Crippen LogP) is 4.11. The smallest absolute Gasteiger partial charge is 0.250 e. The van der Waals surface area contributed by atoms with Crippen molar-refractivity contribution < 1.29 is 9.21 Å². The molecule has 108 valence electrons. The standard InChI is InChI=1S/C14H10Cl2N2O2S/c15-11-5-3-9(8-12(11)16)17-14(21)18-13(19)6-4-10-2-1-7-20-10/h1-8H,(H2,17,18,19,21)/b6-4+. The normalized spacial score (nSPS) is 10.6. The van der Waals surface area contributed by atoms with E-state index >= 15 is 0 Å². The number of carbonyl (C=O) groups excluding carboxylic acids is 1. The predicted molar refractivity (Wildman–Crippen MR) is 88.6 cm³/mol. The Hall–Kier alpha value is -1.82. The summed E-state index contributed by atoms with van der Waals surface area (Å²) in [4.78, 5) is 11.6. The van der Waals surface area contributed by atoms with Crippen molar-refractivity contribution in [2.75, 3.05) is 5.32 Å². The molecule has 0 aliphatic carbocycles. The number of nitrogens with one attached hydrogen (secondary N) is 2. The first-order valence-electron chi connectivity index (χ1n) is 5.83. The molecule has 21 heavy (non-hydrogen) atoms. The van der Waals surface area contributed by atoms with Gasteiger partial charge in [0.15, 0.2) is 5.11 Å². The molecule has 0 spiro atoms. The van der Waals surface area contributed by atoms with Crippen molar-refractivity contribution in [2.45, 2.75) is 0 Å². The highest BCUT2D eigenvalue weighted by Crippen LogP contribution is 2.24. The maximum atomic E-state index is 11.6. The van der Waals surface area contributed by atoms with Crippen LogP contribution in [0, 0.1) is 0 Å². The molecule has 2 N–H and O–H groups in total.